The molecule has 2 aliphatic heterocycles. The first-order valence-corrected chi connectivity index (χ1v) is 8.80. The Hall–Kier alpha value is -2.80. The van der Waals surface area contributed by atoms with Crippen LogP contribution >= 0.6 is 0 Å². The SMILES string of the molecule is CC1(N)CCN(c2ncc(-c3cccc4c3N=CC4)c(C(N)=O)n2)CC1. The third-order valence-electron chi connectivity index (χ3n) is 5.14. The first kappa shape index (κ1) is 16.7. The molecule has 1 saturated heterocycles. The molecule has 4 N–H and O–H groups in total. The number of nitrogens with two attached hydrogens (primary N) is 2. The number of para-hydroxylation sites is 1. The van der Waals surface area contributed by atoms with E-state index in [-0.39, 0.29) is 11.2 Å². The Kier molecular flexibility index (Phi) is 3.96. The Morgan fingerprint density at radius 3 is 2.73 bits per heavy atom. The molecule has 134 valence electrons. The standard InChI is InChI=1S/C19H22N6O/c1-19(21)6-9-25(10-7-19)18-23-11-14(16(24-18)17(20)26)13-4-2-3-12-5-8-22-15(12)13/h2-4,8,11H,5-7,9-10,21H2,1H3,(H2,20,26). The summed E-state index contributed by atoms with van der Waals surface area (Å²) in [4.78, 5) is 27.6. The molecule has 0 bridgehead atoms. The Balaban J connectivity index is 1.73. The number of benzene rings is 1. The number of rotatable bonds is 3. The van der Waals surface area contributed by atoms with Crippen molar-refractivity contribution >= 4 is 23.8 Å². The predicted octanol–water partition coefficient (Wildman–Crippen LogP) is 1.82. The molecule has 0 atom stereocenters. The van der Waals surface area contributed by atoms with Crippen LogP contribution in [0.1, 0.15) is 35.8 Å². The summed E-state index contributed by atoms with van der Waals surface area (Å²) >= 11 is 0. The van der Waals surface area contributed by atoms with Crippen LogP contribution in [0.15, 0.2) is 29.4 Å². The second kappa shape index (κ2) is 6.17. The minimum atomic E-state index is -0.566. The fourth-order valence-electron chi connectivity index (χ4n) is 3.49. The number of carbonyl (C=O) groups is 1. The largest absolute Gasteiger partial charge is 0.364 e. The number of aliphatic imine (C=N–C) groups is 1. The maximum atomic E-state index is 12.1. The molecular formula is C19H22N6O. The molecule has 0 aliphatic carbocycles. The quantitative estimate of drug-likeness (QED) is 0.877. The van der Waals surface area contributed by atoms with Gasteiger partial charge in [-0.15, -0.1) is 0 Å². The second-order valence-electron chi connectivity index (χ2n) is 7.27. The van der Waals surface area contributed by atoms with Gasteiger partial charge in [0.1, 0.15) is 5.69 Å². The number of hydrogen-bond donors (Lipinski definition) is 2. The van der Waals surface area contributed by atoms with Crippen LogP contribution < -0.4 is 16.4 Å². The van der Waals surface area contributed by atoms with Crippen LogP contribution in [-0.2, 0) is 6.42 Å². The van der Waals surface area contributed by atoms with Gasteiger partial charge in [-0.25, -0.2) is 9.97 Å². The van der Waals surface area contributed by atoms with Gasteiger partial charge in [-0.05, 0) is 25.3 Å². The zero-order valence-corrected chi connectivity index (χ0v) is 14.8. The van der Waals surface area contributed by atoms with Crippen LogP contribution in [0.5, 0.6) is 0 Å². The van der Waals surface area contributed by atoms with E-state index in [1.165, 1.54) is 0 Å². The molecule has 1 fully saturated rings. The third kappa shape index (κ3) is 2.94. The summed E-state index contributed by atoms with van der Waals surface area (Å²) in [5.41, 5.74) is 15.3. The van der Waals surface area contributed by atoms with Crippen LogP contribution in [0, 0.1) is 0 Å². The summed E-state index contributed by atoms with van der Waals surface area (Å²) in [7, 11) is 0. The smallest absolute Gasteiger partial charge is 0.268 e. The van der Waals surface area contributed by atoms with E-state index in [1.54, 1.807) is 6.20 Å². The Morgan fingerprint density at radius 2 is 2.00 bits per heavy atom. The highest BCUT2D eigenvalue weighted by Crippen LogP contribution is 2.37. The van der Waals surface area contributed by atoms with Gasteiger partial charge in [-0.2, -0.15) is 0 Å². The Labute approximate surface area is 152 Å². The minimum absolute atomic E-state index is 0.161. The van der Waals surface area contributed by atoms with Crippen LogP contribution in [0.4, 0.5) is 11.6 Å². The van der Waals surface area contributed by atoms with Gasteiger partial charge >= 0.3 is 0 Å². The molecule has 0 unspecified atom stereocenters. The van der Waals surface area contributed by atoms with Crippen molar-refractivity contribution in [3.8, 4) is 11.1 Å². The van der Waals surface area contributed by atoms with Crippen molar-refractivity contribution in [3.05, 3.63) is 35.7 Å². The van der Waals surface area contributed by atoms with E-state index >= 15 is 0 Å². The maximum absolute atomic E-state index is 12.1. The molecule has 1 amide bonds. The lowest BCUT2D eigenvalue weighted by Gasteiger charge is -2.36. The zero-order chi connectivity index (χ0) is 18.3. The van der Waals surface area contributed by atoms with Gasteiger partial charge in [0.05, 0.1) is 5.69 Å². The fraction of sp³-hybridized carbons (Fsp3) is 0.368. The van der Waals surface area contributed by atoms with Gasteiger partial charge in [-0.3, -0.25) is 9.79 Å². The van der Waals surface area contributed by atoms with E-state index in [9.17, 15) is 4.79 Å². The van der Waals surface area contributed by atoms with Gasteiger partial charge < -0.3 is 16.4 Å². The fourth-order valence-corrected chi connectivity index (χ4v) is 3.49. The van der Waals surface area contributed by atoms with E-state index in [0.29, 0.717) is 11.5 Å². The first-order valence-electron chi connectivity index (χ1n) is 8.80. The maximum Gasteiger partial charge on any atom is 0.268 e. The average molecular weight is 350 g/mol. The van der Waals surface area contributed by atoms with Crippen LogP contribution in [0.2, 0.25) is 0 Å². The van der Waals surface area contributed by atoms with E-state index in [1.807, 2.05) is 24.4 Å². The molecule has 1 aromatic carbocycles. The van der Waals surface area contributed by atoms with Crippen molar-refractivity contribution < 1.29 is 4.79 Å². The Bertz CT molecular complexity index is 895. The third-order valence-corrected chi connectivity index (χ3v) is 5.14. The van der Waals surface area contributed by atoms with E-state index in [0.717, 1.165) is 49.2 Å². The molecule has 3 heterocycles. The lowest BCUT2D eigenvalue weighted by atomic mass is 9.91. The van der Waals surface area contributed by atoms with Gasteiger partial charge in [0.2, 0.25) is 5.95 Å². The van der Waals surface area contributed by atoms with Crippen molar-refractivity contribution in [3.63, 3.8) is 0 Å². The molecule has 26 heavy (non-hydrogen) atoms. The molecule has 0 radical (unpaired) electrons. The molecular weight excluding hydrogens is 328 g/mol. The number of piperidine rings is 1. The Morgan fingerprint density at radius 1 is 1.23 bits per heavy atom. The highest BCUT2D eigenvalue weighted by atomic mass is 16.1. The lowest BCUT2D eigenvalue weighted by molar-refractivity contribution is 0.0996. The summed E-state index contributed by atoms with van der Waals surface area (Å²) in [6.07, 6.45) is 6.04. The number of hydrogen-bond acceptors (Lipinski definition) is 6. The van der Waals surface area contributed by atoms with E-state index in [2.05, 4.69) is 26.8 Å². The van der Waals surface area contributed by atoms with Gasteiger partial charge in [0.15, 0.2) is 0 Å². The number of carbonyl (C=O) groups excluding carboxylic acids is 1. The number of nitrogens with zero attached hydrogens (tertiary/aromatic N) is 4. The highest BCUT2D eigenvalue weighted by Gasteiger charge is 2.28. The van der Waals surface area contributed by atoms with Crippen molar-refractivity contribution in [2.45, 2.75) is 31.7 Å². The normalized spacial score (nSPS) is 18.0. The summed E-state index contributed by atoms with van der Waals surface area (Å²) < 4.78 is 0. The average Bonchev–Trinajstić information content (AvgIpc) is 3.10. The summed E-state index contributed by atoms with van der Waals surface area (Å²) in [5.74, 6) is -0.0435. The second-order valence-corrected chi connectivity index (χ2v) is 7.27. The van der Waals surface area contributed by atoms with Crippen LogP contribution in [0.25, 0.3) is 11.1 Å². The van der Waals surface area contributed by atoms with Crippen LogP contribution in [0.3, 0.4) is 0 Å². The van der Waals surface area contributed by atoms with Crippen molar-refractivity contribution in [2.75, 3.05) is 18.0 Å². The van der Waals surface area contributed by atoms with Gasteiger partial charge in [-0.1, -0.05) is 18.2 Å². The molecule has 7 heteroatoms. The number of aromatic nitrogens is 2. The molecule has 2 aliphatic rings. The van der Waals surface area contributed by atoms with Gasteiger partial charge in [0.25, 0.3) is 5.91 Å². The lowest BCUT2D eigenvalue weighted by Crippen LogP contribution is -2.48. The molecule has 7 nitrogen and oxygen atoms in total. The van der Waals surface area contributed by atoms with Gasteiger partial charge in [0, 0.05) is 48.6 Å². The summed E-state index contributed by atoms with van der Waals surface area (Å²) in [5, 5.41) is 0. The highest BCUT2D eigenvalue weighted by molar-refractivity contribution is 6.00. The summed E-state index contributed by atoms with van der Waals surface area (Å²) in [6.45, 7) is 3.57. The molecule has 0 saturated carbocycles. The topological polar surface area (TPSA) is 110 Å². The molecule has 2 aromatic rings. The minimum Gasteiger partial charge on any atom is -0.364 e. The van der Waals surface area contributed by atoms with Crippen molar-refractivity contribution in [2.24, 2.45) is 16.5 Å². The summed E-state index contributed by atoms with van der Waals surface area (Å²) in [6, 6.07) is 5.91. The number of primary amides is 1. The van der Waals surface area contributed by atoms with Crippen LogP contribution in [-0.4, -0.2) is 40.7 Å². The monoisotopic (exact) mass is 350 g/mol. The van der Waals surface area contributed by atoms with E-state index in [4.69, 9.17) is 11.5 Å². The zero-order valence-electron chi connectivity index (χ0n) is 14.8. The van der Waals surface area contributed by atoms with Crippen molar-refractivity contribution in [1.82, 2.24) is 9.97 Å². The van der Waals surface area contributed by atoms with Crippen molar-refractivity contribution in [1.29, 1.82) is 0 Å². The predicted molar refractivity (Wildman–Crippen MR) is 102 cm³/mol. The number of anilines is 1. The molecule has 1 aromatic heterocycles. The number of fused-ring (bicyclic) bond motifs is 1. The molecule has 4 rings (SSSR count). The molecule has 0 spiro atoms. The first-order chi connectivity index (χ1) is 12.4. The van der Waals surface area contributed by atoms with E-state index < -0.39 is 5.91 Å². The number of amides is 1.